The third-order valence-electron chi connectivity index (χ3n) is 1.83. The van der Waals surface area contributed by atoms with Crippen molar-refractivity contribution in [2.24, 2.45) is 5.10 Å². The molecule has 0 aliphatic carbocycles. The van der Waals surface area contributed by atoms with Crippen molar-refractivity contribution in [3.63, 3.8) is 0 Å². The van der Waals surface area contributed by atoms with Gasteiger partial charge in [-0.2, -0.15) is 10.4 Å². The summed E-state index contributed by atoms with van der Waals surface area (Å²) in [6.07, 6.45) is 3.33. The number of nitriles is 1. The minimum absolute atomic E-state index is 0.440. The van der Waals surface area contributed by atoms with Crippen LogP contribution in [0, 0.1) is 11.3 Å². The Morgan fingerprint density at radius 1 is 1.47 bits per heavy atom. The van der Waals surface area contributed by atoms with Gasteiger partial charge in [0.15, 0.2) is 5.11 Å². The average molecular weight is 244 g/mol. The Bertz CT molecular complexity index is 456. The van der Waals surface area contributed by atoms with E-state index in [9.17, 15) is 0 Å². The third kappa shape index (κ3) is 4.91. The lowest BCUT2D eigenvalue weighted by Crippen LogP contribution is -2.31. The maximum absolute atomic E-state index is 8.63. The summed E-state index contributed by atoms with van der Waals surface area (Å²) in [5.74, 6) is 0. The molecule has 0 fully saturated rings. The van der Waals surface area contributed by atoms with E-state index in [-0.39, 0.29) is 0 Å². The van der Waals surface area contributed by atoms with E-state index < -0.39 is 0 Å². The van der Waals surface area contributed by atoms with Crippen molar-refractivity contribution in [2.75, 3.05) is 6.54 Å². The van der Waals surface area contributed by atoms with Gasteiger partial charge in [-0.15, -0.1) is 6.58 Å². The molecule has 0 atom stereocenters. The predicted octanol–water partition coefficient (Wildman–Crippen LogP) is 1.54. The SMILES string of the molecule is C=CCNC(=S)N/N=C/c1ccc(C#N)cc1. The number of nitrogens with zero attached hydrogens (tertiary/aromatic N) is 2. The van der Waals surface area contributed by atoms with Crippen molar-refractivity contribution in [1.82, 2.24) is 10.7 Å². The van der Waals surface area contributed by atoms with Crippen LogP contribution in [0.3, 0.4) is 0 Å². The largest absolute Gasteiger partial charge is 0.358 e. The second kappa shape index (κ2) is 7.14. The van der Waals surface area contributed by atoms with Gasteiger partial charge in [0.1, 0.15) is 0 Å². The van der Waals surface area contributed by atoms with Crippen molar-refractivity contribution in [1.29, 1.82) is 5.26 Å². The van der Waals surface area contributed by atoms with Gasteiger partial charge in [-0.25, -0.2) is 0 Å². The standard InChI is InChI=1S/C12H12N4S/c1-2-7-14-12(17)16-15-9-11-5-3-10(8-13)4-6-11/h2-6,9H,1,7H2,(H2,14,16,17)/b15-9+. The van der Waals surface area contributed by atoms with E-state index in [1.54, 1.807) is 24.4 Å². The van der Waals surface area contributed by atoms with E-state index in [1.165, 1.54) is 0 Å². The van der Waals surface area contributed by atoms with E-state index in [0.29, 0.717) is 17.2 Å². The number of hydrogen-bond acceptors (Lipinski definition) is 3. The van der Waals surface area contributed by atoms with Crippen molar-refractivity contribution < 1.29 is 0 Å². The van der Waals surface area contributed by atoms with Crippen LogP contribution in [0.1, 0.15) is 11.1 Å². The van der Waals surface area contributed by atoms with Crippen molar-refractivity contribution in [2.45, 2.75) is 0 Å². The molecule has 17 heavy (non-hydrogen) atoms. The smallest absolute Gasteiger partial charge is 0.187 e. The van der Waals surface area contributed by atoms with Crippen LogP contribution < -0.4 is 10.7 Å². The zero-order chi connectivity index (χ0) is 12.5. The highest BCUT2D eigenvalue weighted by Crippen LogP contribution is 2.00. The fraction of sp³-hybridized carbons (Fsp3) is 0.0833. The van der Waals surface area contributed by atoms with Gasteiger partial charge < -0.3 is 5.32 Å². The Hall–Kier alpha value is -2.19. The van der Waals surface area contributed by atoms with Gasteiger partial charge in [-0.05, 0) is 29.9 Å². The van der Waals surface area contributed by atoms with Crippen molar-refractivity contribution >= 4 is 23.5 Å². The number of nitrogens with one attached hydrogen (secondary N) is 2. The van der Waals surface area contributed by atoms with Crippen LogP contribution in [-0.4, -0.2) is 17.9 Å². The number of hydrogen-bond donors (Lipinski definition) is 2. The fourth-order valence-electron chi connectivity index (χ4n) is 1.01. The molecule has 0 aliphatic rings. The topological polar surface area (TPSA) is 60.2 Å². The molecule has 1 aromatic carbocycles. The zero-order valence-corrected chi connectivity index (χ0v) is 10.00. The van der Waals surface area contributed by atoms with E-state index in [2.05, 4.69) is 28.5 Å². The van der Waals surface area contributed by atoms with Crippen LogP contribution in [0.5, 0.6) is 0 Å². The molecule has 1 aromatic rings. The second-order valence-corrected chi connectivity index (χ2v) is 3.51. The summed E-state index contributed by atoms with van der Waals surface area (Å²) in [5, 5.41) is 15.9. The molecule has 0 heterocycles. The molecule has 0 unspecified atom stereocenters. The zero-order valence-electron chi connectivity index (χ0n) is 9.18. The molecule has 2 N–H and O–H groups in total. The van der Waals surface area contributed by atoms with Crippen LogP contribution >= 0.6 is 12.2 Å². The number of hydrazone groups is 1. The van der Waals surface area contributed by atoms with Gasteiger partial charge in [0.25, 0.3) is 0 Å². The first-order valence-electron chi connectivity index (χ1n) is 4.94. The maximum atomic E-state index is 8.63. The van der Waals surface area contributed by atoms with Gasteiger partial charge in [0, 0.05) is 6.54 Å². The summed E-state index contributed by atoms with van der Waals surface area (Å²) in [7, 11) is 0. The molecule has 0 radical (unpaired) electrons. The minimum Gasteiger partial charge on any atom is -0.358 e. The molecule has 4 nitrogen and oxygen atoms in total. The Morgan fingerprint density at radius 2 is 2.18 bits per heavy atom. The summed E-state index contributed by atoms with van der Waals surface area (Å²) in [6.45, 7) is 4.16. The molecule has 0 saturated carbocycles. The monoisotopic (exact) mass is 244 g/mol. The second-order valence-electron chi connectivity index (χ2n) is 3.10. The lowest BCUT2D eigenvalue weighted by atomic mass is 10.2. The lowest BCUT2D eigenvalue weighted by Gasteiger charge is -2.02. The lowest BCUT2D eigenvalue weighted by molar-refractivity contribution is 0.942. The molecule has 0 spiro atoms. The molecule has 5 heteroatoms. The van der Waals surface area contributed by atoms with E-state index in [0.717, 1.165) is 5.56 Å². The molecular weight excluding hydrogens is 232 g/mol. The van der Waals surface area contributed by atoms with Crippen LogP contribution in [-0.2, 0) is 0 Å². The molecule has 0 aromatic heterocycles. The average Bonchev–Trinajstić information content (AvgIpc) is 2.37. The third-order valence-corrected chi connectivity index (χ3v) is 2.06. The van der Waals surface area contributed by atoms with Crippen LogP contribution in [0.15, 0.2) is 42.0 Å². The summed E-state index contributed by atoms with van der Waals surface area (Å²) >= 11 is 4.95. The Morgan fingerprint density at radius 3 is 2.76 bits per heavy atom. The molecular formula is C12H12N4S. The van der Waals surface area contributed by atoms with Crippen LogP contribution in [0.4, 0.5) is 0 Å². The minimum atomic E-state index is 0.440. The van der Waals surface area contributed by atoms with E-state index in [1.807, 2.05) is 12.1 Å². The maximum Gasteiger partial charge on any atom is 0.187 e. The van der Waals surface area contributed by atoms with Crippen molar-refractivity contribution in [3.05, 3.63) is 48.0 Å². The fourth-order valence-corrected chi connectivity index (χ4v) is 1.15. The number of benzene rings is 1. The van der Waals surface area contributed by atoms with Gasteiger partial charge in [0.2, 0.25) is 0 Å². The van der Waals surface area contributed by atoms with Crippen molar-refractivity contribution in [3.8, 4) is 6.07 Å². The Balaban J connectivity index is 2.45. The summed E-state index contributed by atoms with van der Waals surface area (Å²) in [6, 6.07) is 9.13. The van der Waals surface area contributed by atoms with Gasteiger partial charge in [0.05, 0.1) is 17.8 Å². The highest BCUT2D eigenvalue weighted by atomic mass is 32.1. The summed E-state index contributed by atoms with van der Waals surface area (Å²) < 4.78 is 0. The summed E-state index contributed by atoms with van der Waals surface area (Å²) in [5.41, 5.74) is 4.19. The summed E-state index contributed by atoms with van der Waals surface area (Å²) in [4.78, 5) is 0. The van der Waals surface area contributed by atoms with Crippen LogP contribution in [0.2, 0.25) is 0 Å². The molecule has 0 aliphatic heterocycles. The first-order chi connectivity index (χ1) is 8.26. The van der Waals surface area contributed by atoms with Gasteiger partial charge in [-0.1, -0.05) is 18.2 Å². The van der Waals surface area contributed by atoms with E-state index >= 15 is 0 Å². The highest BCUT2D eigenvalue weighted by molar-refractivity contribution is 7.80. The number of rotatable bonds is 4. The van der Waals surface area contributed by atoms with Crippen LogP contribution in [0.25, 0.3) is 0 Å². The predicted molar refractivity (Wildman–Crippen MR) is 72.7 cm³/mol. The Labute approximate surface area is 106 Å². The molecule has 86 valence electrons. The Kier molecular flexibility index (Phi) is 5.41. The van der Waals surface area contributed by atoms with Gasteiger partial charge >= 0.3 is 0 Å². The highest BCUT2D eigenvalue weighted by Gasteiger charge is 1.91. The number of thiocarbonyl (C=S) groups is 1. The van der Waals surface area contributed by atoms with E-state index in [4.69, 9.17) is 17.5 Å². The first kappa shape index (κ1) is 12.9. The normalized spacial score (nSPS) is 9.59. The molecule has 0 saturated heterocycles. The van der Waals surface area contributed by atoms with Gasteiger partial charge in [-0.3, -0.25) is 5.43 Å². The molecule has 1 rings (SSSR count). The quantitative estimate of drug-likeness (QED) is 0.365. The first-order valence-corrected chi connectivity index (χ1v) is 5.35. The molecule has 0 bridgehead atoms. The molecule has 0 amide bonds.